The lowest BCUT2D eigenvalue weighted by Crippen LogP contribution is -2.39. The van der Waals surface area contributed by atoms with Gasteiger partial charge >= 0.3 is 5.97 Å². The molecule has 1 aliphatic heterocycles. The summed E-state index contributed by atoms with van der Waals surface area (Å²) >= 11 is 0. The van der Waals surface area contributed by atoms with Gasteiger partial charge in [-0.3, -0.25) is 9.48 Å². The highest BCUT2D eigenvalue weighted by Gasteiger charge is 2.27. The van der Waals surface area contributed by atoms with Gasteiger partial charge in [-0.2, -0.15) is 5.10 Å². The molecule has 1 amide bonds. The Labute approximate surface area is 133 Å². The zero-order valence-corrected chi connectivity index (χ0v) is 13.2. The molecule has 0 aliphatic carbocycles. The lowest BCUT2D eigenvalue weighted by molar-refractivity contribution is 0.0686. The van der Waals surface area contributed by atoms with Gasteiger partial charge in [0.25, 0.3) is 5.91 Å². The molecular weight excluding hydrogens is 298 g/mol. The topological polar surface area (TPSA) is 88.6 Å². The summed E-state index contributed by atoms with van der Waals surface area (Å²) in [6.07, 6.45) is 4.41. The number of aryl methyl sites for hydroxylation is 2. The highest BCUT2D eigenvalue weighted by molar-refractivity contribution is 5.95. The molecule has 0 radical (unpaired) electrons. The molecule has 0 spiro atoms. The van der Waals surface area contributed by atoms with Crippen LogP contribution in [0.5, 0.6) is 0 Å². The molecule has 1 N–H and O–H groups in total. The van der Waals surface area contributed by atoms with E-state index in [1.54, 1.807) is 23.9 Å². The van der Waals surface area contributed by atoms with Crippen LogP contribution in [0.3, 0.4) is 0 Å². The van der Waals surface area contributed by atoms with Crippen LogP contribution >= 0.6 is 0 Å². The number of nitrogens with zero attached hydrogens (tertiary/aromatic N) is 3. The van der Waals surface area contributed by atoms with Crippen LogP contribution in [0.4, 0.5) is 0 Å². The number of carboxylic acids is 1. The highest BCUT2D eigenvalue weighted by atomic mass is 16.4. The minimum absolute atomic E-state index is 0.00973. The zero-order chi connectivity index (χ0) is 16.6. The number of rotatable bonds is 3. The Morgan fingerprint density at radius 2 is 2.00 bits per heavy atom. The molecule has 0 bridgehead atoms. The number of carbonyl (C=O) groups excluding carboxylic acids is 1. The molecule has 3 rings (SSSR count). The van der Waals surface area contributed by atoms with E-state index >= 15 is 0 Å². The van der Waals surface area contributed by atoms with E-state index in [2.05, 4.69) is 5.10 Å². The Morgan fingerprint density at radius 1 is 1.30 bits per heavy atom. The van der Waals surface area contributed by atoms with Gasteiger partial charge in [0.2, 0.25) is 0 Å². The van der Waals surface area contributed by atoms with Crippen molar-refractivity contribution in [3.05, 3.63) is 41.1 Å². The third-order valence-electron chi connectivity index (χ3n) is 4.25. The van der Waals surface area contributed by atoms with Crippen molar-refractivity contribution in [2.45, 2.75) is 32.7 Å². The second kappa shape index (κ2) is 5.91. The van der Waals surface area contributed by atoms with Gasteiger partial charge in [0.15, 0.2) is 0 Å². The molecule has 0 atom stereocenters. The average molecular weight is 317 g/mol. The first-order chi connectivity index (χ1) is 11.0. The van der Waals surface area contributed by atoms with Crippen molar-refractivity contribution in [1.82, 2.24) is 14.7 Å². The molecule has 122 valence electrons. The molecule has 0 unspecified atom stereocenters. The molecule has 7 nitrogen and oxygen atoms in total. The van der Waals surface area contributed by atoms with Crippen LogP contribution in [0.15, 0.2) is 22.9 Å². The molecule has 3 heterocycles. The third kappa shape index (κ3) is 2.99. The molecule has 2 aromatic rings. The van der Waals surface area contributed by atoms with Crippen LogP contribution in [-0.2, 0) is 0 Å². The summed E-state index contributed by atoms with van der Waals surface area (Å²) in [5.41, 5.74) is 0.807. The monoisotopic (exact) mass is 317 g/mol. The number of amides is 1. The number of carboxylic acid groups (broad SMARTS) is 1. The van der Waals surface area contributed by atoms with Gasteiger partial charge in [0.1, 0.15) is 11.5 Å². The predicted octanol–water partition coefficient (Wildman–Crippen LogP) is 2.27. The molecule has 23 heavy (non-hydrogen) atoms. The number of aromatic nitrogens is 2. The number of hydrogen-bond donors (Lipinski definition) is 1. The molecule has 1 saturated heterocycles. The van der Waals surface area contributed by atoms with E-state index in [-0.39, 0.29) is 17.5 Å². The number of furan rings is 1. The second-order valence-electron chi connectivity index (χ2n) is 5.86. The van der Waals surface area contributed by atoms with Crippen molar-refractivity contribution in [1.29, 1.82) is 0 Å². The van der Waals surface area contributed by atoms with Crippen molar-refractivity contribution in [3.63, 3.8) is 0 Å². The van der Waals surface area contributed by atoms with E-state index in [4.69, 9.17) is 9.52 Å². The van der Waals surface area contributed by atoms with Crippen molar-refractivity contribution in [2.24, 2.45) is 0 Å². The van der Waals surface area contributed by atoms with Crippen LogP contribution in [0.1, 0.15) is 51.1 Å². The summed E-state index contributed by atoms with van der Waals surface area (Å²) in [5.74, 6) is 0.394. The standard InChI is InChI=1S/C16H19N3O4/c1-10-7-14(11(2)23-10)15(20)18-5-3-13(4-6-18)19-9-12(8-17-19)16(21)22/h7-9,13H,3-6H2,1-2H3,(H,21,22). The van der Waals surface area contributed by atoms with Gasteiger partial charge in [0, 0.05) is 19.3 Å². The van der Waals surface area contributed by atoms with Gasteiger partial charge in [-0.25, -0.2) is 4.79 Å². The van der Waals surface area contributed by atoms with Crippen LogP contribution in [0.25, 0.3) is 0 Å². The number of hydrogen-bond acceptors (Lipinski definition) is 4. The first-order valence-electron chi connectivity index (χ1n) is 7.59. The van der Waals surface area contributed by atoms with E-state index < -0.39 is 5.97 Å². The van der Waals surface area contributed by atoms with Crippen molar-refractivity contribution >= 4 is 11.9 Å². The molecule has 0 aromatic carbocycles. The second-order valence-corrected chi connectivity index (χ2v) is 5.86. The van der Waals surface area contributed by atoms with E-state index in [0.29, 0.717) is 24.4 Å². The highest BCUT2D eigenvalue weighted by Crippen LogP contribution is 2.24. The van der Waals surface area contributed by atoms with E-state index in [9.17, 15) is 9.59 Å². The molecule has 0 saturated carbocycles. The van der Waals surface area contributed by atoms with Gasteiger partial charge < -0.3 is 14.4 Å². The minimum atomic E-state index is -0.977. The molecule has 1 fully saturated rings. The Bertz CT molecular complexity index is 738. The Morgan fingerprint density at radius 3 is 2.52 bits per heavy atom. The molecule has 7 heteroatoms. The Kier molecular flexibility index (Phi) is 3.94. The Balaban J connectivity index is 1.65. The lowest BCUT2D eigenvalue weighted by atomic mass is 10.0. The maximum atomic E-state index is 12.5. The summed E-state index contributed by atoms with van der Waals surface area (Å²) < 4.78 is 7.12. The van der Waals surface area contributed by atoms with Gasteiger partial charge in [-0.1, -0.05) is 0 Å². The van der Waals surface area contributed by atoms with E-state index in [1.165, 1.54) is 6.20 Å². The maximum absolute atomic E-state index is 12.5. The predicted molar refractivity (Wildman–Crippen MR) is 81.5 cm³/mol. The molecule has 1 aliphatic rings. The maximum Gasteiger partial charge on any atom is 0.338 e. The van der Waals surface area contributed by atoms with Crippen LogP contribution < -0.4 is 0 Å². The number of likely N-dealkylation sites (tertiary alicyclic amines) is 1. The number of carbonyl (C=O) groups is 2. The van der Waals surface area contributed by atoms with E-state index in [0.717, 1.165) is 18.6 Å². The number of aromatic carboxylic acids is 1. The summed E-state index contributed by atoms with van der Waals surface area (Å²) in [4.78, 5) is 25.3. The zero-order valence-electron chi connectivity index (χ0n) is 13.2. The summed E-state index contributed by atoms with van der Waals surface area (Å²) in [5, 5.41) is 13.1. The van der Waals surface area contributed by atoms with Gasteiger partial charge in [0.05, 0.1) is 23.4 Å². The van der Waals surface area contributed by atoms with E-state index in [1.807, 2.05) is 11.8 Å². The molecular formula is C16H19N3O4. The van der Waals surface area contributed by atoms with Gasteiger partial charge in [-0.15, -0.1) is 0 Å². The van der Waals surface area contributed by atoms with Gasteiger partial charge in [-0.05, 0) is 32.8 Å². The first kappa shape index (κ1) is 15.3. The normalized spacial score (nSPS) is 15.8. The lowest BCUT2D eigenvalue weighted by Gasteiger charge is -2.32. The van der Waals surface area contributed by atoms with Crippen LogP contribution in [-0.4, -0.2) is 44.8 Å². The summed E-state index contributed by atoms with van der Waals surface area (Å²) in [6, 6.07) is 1.90. The average Bonchev–Trinajstić information content (AvgIpc) is 3.13. The minimum Gasteiger partial charge on any atom is -0.478 e. The fourth-order valence-corrected chi connectivity index (χ4v) is 3.00. The SMILES string of the molecule is Cc1cc(C(=O)N2CCC(n3cc(C(=O)O)cn3)CC2)c(C)o1. The van der Waals surface area contributed by atoms with Crippen molar-refractivity contribution < 1.29 is 19.1 Å². The third-order valence-corrected chi connectivity index (χ3v) is 4.25. The van der Waals surface area contributed by atoms with Crippen LogP contribution in [0.2, 0.25) is 0 Å². The first-order valence-corrected chi connectivity index (χ1v) is 7.59. The van der Waals surface area contributed by atoms with Crippen molar-refractivity contribution in [3.8, 4) is 0 Å². The summed E-state index contributed by atoms with van der Waals surface area (Å²) in [6.45, 7) is 4.86. The summed E-state index contributed by atoms with van der Waals surface area (Å²) in [7, 11) is 0. The quantitative estimate of drug-likeness (QED) is 0.938. The van der Waals surface area contributed by atoms with Crippen molar-refractivity contribution in [2.75, 3.05) is 13.1 Å². The Hall–Kier alpha value is -2.57. The largest absolute Gasteiger partial charge is 0.478 e. The smallest absolute Gasteiger partial charge is 0.338 e. The fraction of sp³-hybridized carbons (Fsp3) is 0.438. The fourth-order valence-electron chi connectivity index (χ4n) is 3.00. The van der Waals surface area contributed by atoms with Crippen LogP contribution in [0, 0.1) is 13.8 Å². The number of piperidine rings is 1. The molecule has 2 aromatic heterocycles.